The molecule has 1 fully saturated rings. The Balaban J connectivity index is 2.66. The summed E-state index contributed by atoms with van der Waals surface area (Å²) in [5, 5.41) is 12.7. The second-order valence-electron chi connectivity index (χ2n) is 5.07. The van der Waals surface area contributed by atoms with Crippen LogP contribution in [0.3, 0.4) is 0 Å². The summed E-state index contributed by atoms with van der Waals surface area (Å²) in [6, 6.07) is 2.51. The van der Waals surface area contributed by atoms with Crippen LogP contribution in [0.2, 0.25) is 0 Å². The molecule has 1 unspecified atom stereocenters. The monoisotopic (exact) mass is 209 g/mol. The zero-order valence-corrected chi connectivity index (χ0v) is 10.2. The molecule has 1 N–H and O–H groups in total. The lowest BCUT2D eigenvalue weighted by Crippen LogP contribution is -2.47. The third-order valence-corrected chi connectivity index (χ3v) is 3.08. The van der Waals surface area contributed by atoms with Gasteiger partial charge in [-0.2, -0.15) is 5.26 Å². The van der Waals surface area contributed by atoms with E-state index >= 15 is 0 Å². The van der Waals surface area contributed by atoms with Crippen molar-refractivity contribution in [1.29, 1.82) is 5.26 Å². The van der Waals surface area contributed by atoms with Crippen LogP contribution in [0.1, 0.15) is 33.6 Å². The molecular formula is C12H23N3. The summed E-state index contributed by atoms with van der Waals surface area (Å²) in [7, 11) is 0. The molecule has 0 radical (unpaired) electrons. The maximum Gasteiger partial charge on any atom is 0.106 e. The van der Waals surface area contributed by atoms with Gasteiger partial charge in [-0.15, -0.1) is 0 Å². The summed E-state index contributed by atoms with van der Waals surface area (Å²) >= 11 is 0. The van der Waals surface area contributed by atoms with Gasteiger partial charge in [0.15, 0.2) is 0 Å². The molecular weight excluding hydrogens is 186 g/mol. The fourth-order valence-corrected chi connectivity index (χ4v) is 2.38. The predicted octanol–water partition coefficient (Wildman–Crippen LogP) is 1.61. The van der Waals surface area contributed by atoms with Gasteiger partial charge < -0.3 is 5.32 Å². The molecule has 0 aliphatic carbocycles. The van der Waals surface area contributed by atoms with Crippen molar-refractivity contribution in [3.8, 4) is 6.07 Å². The highest BCUT2D eigenvalue weighted by Crippen LogP contribution is 2.23. The number of nitrogens with zero attached hydrogens (tertiary/aromatic N) is 2. The van der Waals surface area contributed by atoms with Crippen molar-refractivity contribution in [2.24, 2.45) is 5.92 Å². The van der Waals surface area contributed by atoms with Crippen LogP contribution in [-0.4, -0.2) is 36.6 Å². The Labute approximate surface area is 93.5 Å². The molecule has 1 rings (SSSR count). The highest BCUT2D eigenvalue weighted by molar-refractivity contribution is 5.06. The van der Waals surface area contributed by atoms with Gasteiger partial charge in [0.05, 0.1) is 6.07 Å². The first kappa shape index (κ1) is 12.5. The fourth-order valence-electron chi connectivity index (χ4n) is 2.38. The number of hydrogen-bond donors (Lipinski definition) is 1. The summed E-state index contributed by atoms with van der Waals surface area (Å²) in [6.07, 6.45) is 2.11. The molecule has 0 amide bonds. The lowest BCUT2D eigenvalue weighted by atomic mass is 9.90. The van der Waals surface area contributed by atoms with Crippen LogP contribution in [0.4, 0.5) is 0 Å². The Morgan fingerprint density at radius 1 is 1.40 bits per heavy atom. The lowest BCUT2D eigenvalue weighted by molar-refractivity contribution is 0.139. The summed E-state index contributed by atoms with van der Waals surface area (Å²) in [5.41, 5.74) is -0.278. The molecule has 15 heavy (non-hydrogen) atoms. The van der Waals surface area contributed by atoms with Gasteiger partial charge in [0.25, 0.3) is 0 Å². The Morgan fingerprint density at radius 2 is 2.13 bits per heavy atom. The summed E-state index contributed by atoms with van der Waals surface area (Å²) in [4.78, 5) is 2.34. The van der Waals surface area contributed by atoms with Crippen molar-refractivity contribution >= 4 is 0 Å². The van der Waals surface area contributed by atoms with Crippen LogP contribution >= 0.6 is 0 Å². The van der Waals surface area contributed by atoms with E-state index in [0.717, 1.165) is 39.0 Å². The average Bonchev–Trinajstić information content (AvgIpc) is 2.44. The Bertz CT molecular complexity index is 224. The van der Waals surface area contributed by atoms with Crippen molar-refractivity contribution in [1.82, 2.24) is 10.2 Å². The van der Waals surface area contributed by atoms with Crippen LogP contribution in [0, 0.1) is 17.2 Å². The van der Waals surface area contributed by atoms with Gasteiger partial charge in [0, 0.05) is 19.6 Å². The van der Waals surface area contributed by atoms with Crippen molar-refractivity contribution in [3.63, 3.8) is 0 Å². The smallest absolute Gasteiger partial charge is 0.106 e. The fraction of sp³-hybridized carbons (Fsp3) is 0.917. The standard InChI is InChI=1S/C12H23N3/c1-11(2)9-12(3,10-13)15-7-4-5-14-6-8-15/h11,14H,4-9H2,1-3H3. The van der Waals surface area contributed by atoms with Crippen molar-refractivity contribution in [3.05, 3.63) is 0 Å². The average molecular weight is 209 g/mol. The Hall–Kier alpha value is -0.590. The maximum absolute atomic E-state index is 9.37. The van der Waals surface area contributed by atoms with Crippen LogP contribution in [0.25, 0.3) is 0 Å². The van der Waals surface area contributed by atoms with Crippen molar-refractivity contribution in [2.75, 3.05) is 26.2 Å². The molecule has 0 aromatic rings. The zero-order chi connectivity index (χ0) is 11.3. The predicted molar refractivity (Wildman–Crippen MR) is 62.5 cm³/mol. The molecule has 0 saturated carbocycles. The number of rotatable bonds is 3. The van der Waals surface area contributed by atoms with Crippen LogP contribution in [0.5, 0.6) is 0 Å². The molecule has 3 heteroatoms. The number of nitriles is 1. The van der Waals surface area contributed by atoms with E-state index in [2.05, 4.69) is 37.1 Å². The van der Waals surface area contributed by atoms with Crippen LogP contribution < -0.4 is 5.32 Å². The minimum Gasteiger partial charge on any atom is -0.315 e. The second kappa shape index (κ2) is 5.48. The van der Waals surface area contributed by atoms with E-state index in [0.29, 0.717) is 5.92 Å². The minimum absolute atomic E-state index is 0.278. The van der Waals surface area contributed by atoms with Crippen LogP contribution in [0.15, 0.2) is 0 Å². The van der Waals surface area contributed by atoms with Gasteiger partial charge in [-0.05, 0) is 32.2 Å². The largest absolute Gasteiger partial charge is 0.315 e. The molecule has 1 aliphatic rings. The summed E-state index contributed by atoms with van der Waals surface area (Å²) in [6.45, 7) is 10.6. The minimum atomic E-state index is -0.278. The molecule has 3 nitrogen and oxygen atoms in total. The number of nitrogens with one attached hydrogen (secondary N) is 1. The first-order valence-electron chi connectivity index (χ1n) is 5.95. The van der Waals surface area contributed by atoms with Gasteiger partial charge in [-0.3, -0.25) is 4.90 Å². The van der Waals surface area contributed by atoms with Crippen molar-refractivity contribution < 1.29 is 0 Å². The third-order valence-electron chi connectivity index (χ3n) is 3.08. The van der Waals surface area contributed by atoms with Crippen LogP contribution in [-0.2, 0) is 0 Å². The first-order chi connectivity index (χ1) is 7.08. The van der Waals surface area contributed by atoms with E-state index in [1.165, 1.54) is 0 Å². The van der Waals surface area contributed by atoms with Gasteiger partial charge in [-0.25, -0.2) is 0 Å². The molecule has 1 saturated heterocycles. The summed E-state index contributed by atoms with van der Waals surface area (Å²) < 4.78 is 0. The molecule has 0 aromatic heterocycles. The molecule has 0 spiro atoms. The molecule has 1 aliphatic heterocycles. The highest BCUT2D eigenvalue weighted by atomic mass is 15.2. The third kappa shape index (κ3) is 3.48. The SMILES string of the molecule is CC(C)CC(C)(C#N)N1CCCNCC1. The first-order valence-corrected chi connectivity index (χ1v) is 5.95. The van der Waals surface area contributed by atoms with Gasteiger partial charge in [-0.1, -0.05) is 13.8 Å². The van der Waals surface area contributed by atoms with E-state index < -0.39 is 0 Å². The normalized spacial score (nSPS) is 23.1. The van der Waals surface area contributed by atoms with E-state index in [4.69, 9.17) is 0 Å². The van der Waals surface area contributed by atoms with Gasteiger partial charge in [0.1, 0.15) is 5.54 Å². The molecule has 86 valence electrons. The van der Waals surface area contributed by atoms with E-state index in [9.17, 15) is 5.26 Å². The number of hydrogen-bond acceptors (Lipinski definition) is 3. The molecule has 0 bridgehead atoms. The maximum atomic E-state index is 9.37. The van der Waals surface area contributed by atoms with Gasteiger partial charge >= 0.3 is 0 Å². The molecule has 0 aromatic carbocycles. The second-order valence-corrected chi connectivity index (χ2v) is 5.07. The van der Waals surface area contributed by atoms with E-state index in [1.54, 1.807) is 0 Å². The quantitative estimate of drug-likeness (QED) is 0.767. The Kier molecular flexibility index (Phi) is 4.56. The van der Waals surface area contributed by atoms with Crippen molar-refractivity contribution in [2.45, 2.75) is 39.2 Å². The lowest BCUT2D eigenvalue weighted by Gasteiger charge is -2.36. The molecule has 1 atom stereocenters. The zero-order valence-electron chi connectivity index (χ0n) is 10.2. The summed E-state index contributed by atoms with van der Waals surface area (Å²) in [5.74, 6) is 0.575. The van der Waals surface area contributed by atoms with Gasteiger partial charge in [0.2, 0.25) is 0 Å². The van der Waals surface area contributed by atoms with E-state index in [-0.39, 0.29) is 5.54 Å². The molecule has 1 heterocycles. The topological polar surface area (TPSA) is 39.1 Å². The Morgan fingerprint density at radius 3 is 2.73 bits per heavy atom. The highest BCUT2D eigenvalue weighted by Gasteiger charge is 2.32. The van der Waals surface area contributed by atoms with E-state index in [1.807, 2.05) is 0 Å².